The van der Waals surface area contributed by atoms with Crippen molar-refractivity contribution in [3.05, 3.63) is 45.9 Å². The van der Waals surface area contributed by atoms with Gasteiger partial charge in [0, 0.05) is 13.1 Å². The van der Waals surface area contributed by atoms with Crippen molar-refractivity contribution in [2.75, 3.05) is 26.2 Å². The van der Waals surface area contributed by atoms with Crippen LogP contribution in [0.2, 0.25) is 0 Å². The molecule has 0 spiro atoms. The zero-order chi connectivity index (χ0) is 17.4. The van der Waals surface area contributed by atoms with Gasteiger partial charge in [-0.25, -0.2) is 4.98 Å². The summed E-state index contributed by atoms with van der Waals surface area (Å²) in [6.07, 6.45) is 0. The summed E-state index contributed by atoms with van der Waals surface area (Å²) in [5.41, 5.74) is 0.756. The maximum absolute atomic E-state index is 12.3. The van der Waals surface area contributed by atoms with Gasteiger partial charge in [0.25, 0.3) is 5.91 Å². The molecule has 5 nitrogen and oxygen atoms in total. The number of para-hydroxylation sites is 1. The zero-order valence-corrected chi connectivity index (χ0v) is 15.4. The van der Waals surface area contributed by atoms with E-state index in [1.165, 1.54) is 11.3 Å². The van der Waals surface area contributed by atoms with E-state index in [4.69, 9.17) is 4.74 Å². The number of carbonyl (C=O) groups excluding carboxylic acids is 1. The molecule has 2 aromatic rings. The fourth-order valence-corrected chi connectivity index (χ4v) is 3.23. The predicted octanol–water partition coefficient (Wildman–Crippen LogP) is 3.10. The van der Waals surface area contributed by atoms with Crippen LogP contribution in [0, 0.1) is 6.92 Å². The van der Waals surface area contributed by atoms with Gasteiger partial charge in [-0.15, -0.1) is 11.3 Å². The molecule has 0 aliphatic rings. The van der Waals surface area contributed by atoms with E-state index in [1.807, 2.05) is 37.3 Å². The number of hydrogen-bond acceptors (Lipinski definition) is 5. The highest BCUT2D eigenvalue weighted by Crippen LogP contribution is 2.20. The molecule has 0 aliphatic heterocycles. The average molecular weight is 347 g/mol. The summed E-state index contributed by atoms with van der Waals surface area (Å²) < 4.78 is 5.69. The van der Waals surface area contributed by atoms with Crippen molar-refractivity contribution in [3.63, 3.8) is 0 Å². The number of ether oxygens (including phenoxy) is 1. The number of benzene rings is 1. The molecular formula is C18H25N3O2S. The number of nitrogens with zero attached hydrogens (tertiary/aromatic N) is 2. The van der Waals surface area contributed by atoms with Crippen LogP contribution in [0.1, 0.15) is 34.2 Å². The smallest absolute Gasteiger partial charge is 0.263 e. The summed E-state index contributed by atoms with van der Waals surface area (Å²) in [7, 11) is 0. The summed E-state index contributed by atoms with van der Waals surface area (Å²) in [6, 6.07) is 9.61. The van der Waals surface area contributed by atoms with Gasteiger partial charge in [0.2, 0.25) is 0 Å². The lowest BCUT2D eigenvalue weighted by atomic mass is 10.3. The molecule has 0 saturated carbocycles. The Morgan fingerprint density at radius 2 is 1.96 bits per heavy atom. The van der Waals surface area contributed by atoms with Gasteiger partial charge in [0.1, 0.15) is 22.2 Å². The summed E-state index contributed by atoms with van der Waals surface area (Å²) in [6.45, 7) is 9.98. The largest absolute Gasteiger partial charge is 0.486 e. The first-order valence-electron chi connectivity index (χ1n) is 8.28. The van der Waals surface area contributed by atoms with Crippen LogP contribution >= 0.6 is 11.3 Å². The molecule has 0 saturated heterocycles. The molecule has 6 heteroatoms. The maximum atomic E-state index is 12.3. The molecule has 2 rings (SSSR count). The van der Waals surface area contributed by atoms with Crippen LogP contribution in [-0.4, -0.2) is 42.0 Å². The lowest BCUT2D eigenvalue weighted by molar-refractivity contribution is 0.0952. The molecule has 1 amide bonds. The molecule has 130 valence electrons. The van der Waals surface area contributed by atoms with Gasteiger partial charge >= 0.3 is 0 Å². The van der Waals surface area contributed by atoms with Crippen molar-refractivity contribution in [2.24, 2.45) is 0 Å². The second-order valence-corrected chi connectivity index (χ2v) is 6.49. The van der Waals surface area contributed by atoms with Gasteiger partial charge < -0.3 is 15.0 Å². The maximum Gasteiger partial charge on any atom is 0.263 e. The first kappa shape index (κ1) is 18.4. The van der Waals surface area contributed by atoms with E-state index < -0.39 is 0 Å². The molecule has 1 aromatic heterocycles. The van der Waals surface area contributed by atoms with Gasteiger partial charge in [-0.3, -0.25) is 4.79 Å². The van der Waals surface area contributed by atoms with Crippen LogP contribution < -0.4 is 10.1 Å². The monoisotopic (exact) mass is 347 g/mol. The third kappa shape index (κ3) is 5.32. The molecule has 1 N–H and O–H groups in total. The molecule has 24 heavy (non-hydrogen) atoms. The van der Waals surface area contributed by atoms with E-state index in [0.29, 0.717) is 18.0 Å². The van der Waals surface area contributed by atoms with Crippen molar-refractivity contribution in [3.8, 4) is 5.75 Å². The number of aryl methyl sites for hydroxylation is 1. The summed E-state index contributed by atoms with van der Waals surface area (Å²) in [4.78, 5) is 19.7. The van der Waals surface area contributed by atoms with Crippen LogP contribution in [-0.2, 0) is 6.61 Å². The second kappa shape index (κ2) is 9.39. The van der Waals surface area contributed by atoms with Gasteiger partial charge in [-0.1, -0.05) is 32.0 Å². The van der Waals surface area contributed by atoms with E-state index in [9.17, 15) is 4.79 Å². The van der Waals surface area contributed by atoms with E-state index in [0.717, 1.165) is 36.1 Å². The number of rotatable bonds is 9. The Balaban J connectivity index is 1.87. The van der Waals surface area contributed by atoms with E-state index in [-0.39, 0.29) is 5.91 Å². The lowest BCUT2D eigenvalue weighted by Crippen LogP contribution is -2.34. The Bertz CT molecular complexity index is 639. The number of likely N-dealkylation sites (N-methyl/N-ethyl adjacent to an activating group) is 1. The highest BCUT2D eigenvalue weighted by Gasteiger charge is 2.15. The first-order valence-corrected chi connectivity index (χ1v) is 9.10. The number of hydrogen-bond donors (Lipinski definition) is 1. The Hall–Kier alpha value is -1.92. The van der Waals surface area contributed by atoms with E-state index >= 15 is 0 Å². The van der Waals surface area contributed by atoms with E-state index in [2.05, 4.69) is 29.0 Å². The fraction of sp³-hybridized carbons (Fsp3) is 0.444. The van der Waals surface area contributed by atoms with Crippen molar-refractivity contribution in [2.45, 2.75) is 27.4 Å². The SMILES string of the molecule is CCN(CC)CCNC(=O)c1sc(COc2ccccc2)nc1C. The van der Waals surface area contributed by atoms with Gasteiger partial charge in [0.15, 0.2) is 0 Å². The van der Waals surface area contributed by atoms with Crippen LogP contribution in [0.5, 0.6) is 5.75 Å². The summed E-state index contributed by atoms with van der Waals surface area (Å²) in [5.74, 6) is 0.749. The second-order valence-electron chi connectivity index (χ2n) is 5.41. The van der Waals surface area contributed by atoms with Crippen LogP contribution in [0.15, 0.2) is 30.3 Å². The minimum absolute atomic E-state index is 0.0527. The number of nitrogens with one attached hydrogen (secondary N) is 1. The minimum atomic E-state index is -0.0527. The summed E-state index contributed by atoms with van der Waals surface area (Å²) >= 11 is 1.40. The molecule has 0 fully saturated rings. The third-order valence-electron chi connectivity index (χ3n) is 3.76. The Labute approximate surface area is 147 Å². The number of amides is 1. The lowest BCUT2D eigenvalue weighted by Gasteiger charge is -2.17. The number of aromatic nitrogens is 1. The fourth-order valence-electron chi connectivity index (χ4n) is 2.33. The van der Waals surface area contributed by atoms with Gasteiger partial charge in [-0.05, 0) is 32.1 Å². The Morgan fingerprint density at radius 1 is 1.25 bits per heavy atom. The standard InChI is InChI=1S/C18H25N3O2S/c1-4-21(5-2)12-11-19-18(22)17-14(3)20-16(24-17)13-23-15-9-7-6-8-10-15/h6-10H,4-5,11-13H2,1-3H3,(H,19,22). The minimum Gasteiger partial charge on any atom is -0.486 e. The zero-order valence-electron chi connectivity index (χ0n) is 14.5. The van der Waals surface area contributed by atoms with Gasteiger partial charge in [0.05, 0.1) is 5.69 Å². The van der Waals surface area contributed by atoms with Crippen LogP contribution in [0.4, 0.5) is 0 Å². The highest BCUT2D eigenvalue weighted by molar-refractivity contribution is 7.13. The average Bonchev–Trinajstić information content (AvgIpc) is 2.98. The third-order valence-corrected chi connectivity index (χ3v) is 4.89. The summed E-state index contributed by atoms with van der Waals surface area (Å²) in [5, 5.41) is 3.79. The number of thiazole rings is 1. The predicted molar refractivity (Wildman–Crippen MR) is 97.7 cm³/mol. The normalized spacial score (nSPS) is 10.8. The van der Waals surface area contributed by atoms with Gasteiger partial charge in [-0.2, -0.15) is 0 Å². The molecule has 0 unspecified atom stereocenters. The topological polar surface area (TPSA) is 54.5 Å². The molecule has 1 aromatic carbocycles. The molecule has 0 radical (unpaired) electrons. The van der Waals surface area contributed by atoms with Crippen LogP contribution in [0.3, 0.4) is 0 Å². The molecule has 0 atom stereocenters. The van der Waals surface area contributed by atoms with Crippen molar-refractivity contribution < 1.29 is 9.53 Å². The molecule has 1 heterocycles. The quantitative estimate of drug-likeness (QED) is 0.757. The molecule has 0 aliphatic carbocycles. The first-order chi connectivity index (χ1) is 11.6. The Morgan fingerprint density at radius 3 is 2.62 bits per heavy atom. The highest BCUT2D eigenvalue weighted by atomic mass is 32.1. The van der Waals surface area contributed by atoms with Crippen molar-refractivity contribution in [1.82, 2.24) is 15.2 Å². The Kier molecular flexibility index (Phi) is 7.21. The van der Waals surface area contributed by atoms with Crippen molar-refractivity contribution >= 4 is 17.2 Å². The van der Waals surface area contributed by atoms with E-state index in [1.54, 1.807) is 0 Å². The van der Waals surface area contributed by atoms with Crippen molar-refractivity contribution in [1.29, 1.82) is 0 Å². The van der Waals surface area contributed by atoms with Crippen LogP contribution in [0.25, 0.3) is 0 Å². The molecule has 0 bridgehead atoms. The molecular weight excluding hydrogens is 322 g/mol. The number of carbonyl (C=O) groups is 1.